The summed E-state index contributed by atoms with van der Waals surface area (Å²) in [6.45, 7) is 0.442. The highest BCUT2D eigenvalue weighted by Crippen LogP contribution is 2.35. The van der Waals surface area contributed by atoms with Crippen molar-refractivity contribution in [1.82, 2.24) is 19.7 Å². The monoisotopic (exact) mass is 490 g/mol. The molecule has 0 aliphatic heterocycles. The third-order valence-electron chi connectivity index (χ3n) is 5.08. The minimum absolute atomic E-state index is 0.208. The van der Waals surface area contributed by atoms with Crippen LogP contribution in [0.3, 0.4) is 0 Å². The Kier molecular flexibility index (Phi) is 6.21. The zero-order valence-electron chi connectivity index (χ0n) is 15.8. The molecule has 0 saturated heterocycles. The lowest BCUT2D eigenvalue weighted by molar-refractivity contribution is 0.138. The first-order valence-corrected chi connectivity index (χ1v) is 10.6. The second-order valence-electron chi connectivity index (χ2n) is 6.98. The lowest BCUT2D eigenvalue weighted by Crippen LogP contribution is -2.25. The maximum atomic E-state index is 6.04. The van der Waals surface area contributed by atoms with Crippen molar-refractivity contribution in [3.05, 3.63) is 63.9 Å². The fraction of sp³-hybridized carbons (Fsp3) is 0.381. The molecule has 2 aromatic heterocycles. The molecule has 1 aliphatic rings. The second-order valence-corrected chi connectivity index (χ2v) is 8.22. The maximum Gasteiger partial charge on any atom is 0.213 e. The van der Waals surface area contributed by atoms with E-state index in [-0.39, 0.29) is 6.10 Å². The summed E-state index contributed by atoms with van der Waals surface area (Å²) in [6, 6.07) is 14.2. The van der Waals surface area contributed by atoms with Crippen LogP contribution in [0.25, 0.3) is 5.69 Å². The third-order valence-corrected chi connectivity index (χ3v) is 5.80. The molecule has 3 aromatic rings. The Morgan fingerprint density at radius 2 is 1.82 bits per heavy atom. The Morgan fingerprint density at radius 1 is 1.04 bits per heavy atom. The van der Waals surface area contributed by atoms with E-state index >= 15 is 0 Å². The zero-order chi connectivity index (χ0) is 19.3. The van der Waals surface area contributed by atoms with Gasteiger partial charge in [-0.3, -0.25) is 4.57 Å². The first-order valence-electron chi connectivity index (χ1n) is 9.51. The van der Waals surface area contributed by atoms with Gasteiger partial charge in [0.2, 0.25) is 5.88 Å². The van der Waals surface area contributed by atoms with E-state index in [9.17, 15) is 0 Å². The summed E-state index contributed by atoms with van der Waals surface area (Å²) in [4.78, 5) is 4.27. The van der Waals surface area contributed by atoms with Crippen LogP contribution in [0.1, 0.15) is 43.3 Å². The normalized spacial score (nSPS) is 19.5. The second kappa shape index (κ2) is 9.00. The number of hydrogen-bond acceptors (Lipinski definition) is 5. The van der Waals surface area contributed by atoms with Crippen LogP contribution >= 0.6 is 22.6 Å². The highest BCUT2D eigenvalue weighted by atomic mass is 127. The molecule has 1 fully saturated rings. The van der Waals surface area contributed by atoms with E-state index < -0.39 is 0 Å². The summed E-state index contributed by atoms with van der Waals surface area (Å²) in [6.07, 6.45) is 5.99. The van der Waals surface area contributed by atoms with Gasteiger partial charge in [-0.05, 0) is 78.6 Å². The smallest absolute Gasteiger partial charge is 0.213 e. The first kappa shape index (κ1) is 19.3. The molecule has 1 saturated carbocycles. The third kappa shape index (κ3) is 4.35. The fourth-order valence-corrected chi connectivity index (χ4v) is 4.07. The van der Waals surface area contributed by atoms with Crippen molar-refractivity contribution < 1.29 is 9.47 Å². The van der Waals surface area contributed by atoms with Crippen molar-refractivity contribution >= 4 is 22.6 Å². The van der Waals surface area contributed by atoms with Gasteiger partial charge in [-0.25, -0.2) is 4.98 Å². The van der Waals surface area contributed by atoms with Gasteiger partial charge in [0.05, 0.1) is 0 Å². The van der Waals surface area contributed by atoms with E-state index in [1.54, 1.807) is 13.3 Å². The van der Waals surface area contributed by atoms with Gasteiger partial charge in [0.25, 0.3) is 0 Å². The Bertz CT molecular complexity index is 891. The van der Waals surface area contributed by atoms with Gasteiger partial charge in [-0.1, -0.05) is 6.07 Å². The van der Waals surface area contributed by atoms with Crippen LogP contribution in [0, 0.1) is 3.57 Å². The van der Waals surface area contributed by atoms with Crippen molar-refractivity contribution in [2.45, 2.75) is 44.3 Å². The van der Waals surface area contributed by atoms with Crippen molar-refractivity contribution in [2.24, 2.45) is 0 Å². The van der Waals surface area contributed by atoms with Crippen LogP contribution in [0.15, 0.2) is 48.7 Å². The topological polar surface area (TPSA) is 62.1 Å². The van der Waals surface area contributed by atoms with E-state index in [2.05, 4.69) is 66.6 Å². The predicted molar refractivity (Wildman–Crippen MR) is 115 cm³/mol. The molecule has 2 heterocycles. The molecule has 0 unspecified atom stereocenters. The predicted octanol–water partition coefficient (Wildman–Crippen LogP) is 4.52. The van der Waals surface area contributed by atoms with Gasteiger partial charge >= 0.3 is 0 Å². The van der Waals surface area contributed by atoms with Gasteiger partial charge in [0, 0.05) is 34.5 Å². The number of rotatable bonds is 6. The summed E-state index contributed by atoms with van der Waals surface area (Å²) in [7, 11) is 1.69. The van der Waals surface area contributed by atoms with Crippen molar-refractivity contribution in [3.63, 3.8) is 0 Å². The Labute approximate surface area is 178 Å². The summed E-state index contributed by atoms with van der Waals surface area (Å²) in [5, 5.41) is 8.96. The van der Waals surface area contributed by atoms with Crippen LogP contribution in [0.2, 0.25) is 0 Å². The van der Waals surface area contributed by atoms with Crippen molar-refractivity contribution in [1.29, 1.82) is 0 Å². The van der Waals surface area contributed by atoms with Crippen LogP contribution in [-0.4, -0.2) is 33.0 Å². The number of aromatic nitrogens is 4. The van der Waals surface area contributed by atoms with Gasteiger partial charge in [-0.2, -0.15) is 0 Å². The Morgan fingerprint density at radius 3 is 2.50 bits per heavy atom. The van der Waals surface area contributed by atoms with E-state index in [1.807, 2.05) is 18.2 Å². The fourth-order valence-electron chi connectivity index (χ4n) is 3.72. The molecule has 1 aliphatic carbocycles. The molecule has 0 amide bonds. The highest BCUT2D eigenvalue weighted by molar-refractivity contribution is 14.1. The molecule has 0 bridgehead atoms. The summed E-state index contributed by atoms with van der Waals surface area (Å²) < 4.78 is 14.7. The number of hydrogen-bond donors (Lipinski definition) is 0. The average molecular weight is 490 g/mol. The van der Waals surface area contributed by atoms with Crippen LogP contribution in [0.5, 0.6) is 5.88 Å². The van der Waals surface area contributed by atoms with E-state index in [0.717, 1.165) is 43.0 Å². The maximum absolute atomic E-state index is 6.04. The molecular formula is C21H23IN4O2. The van der Waals surface area contributed by atoms with Crippen molar-refractivity contribution in [3.8, 4) is 11.6 Å². The number of pyridine rings is 1. The van der Waals surface area contributed by atoms with Gasteiger partial charge in [-0.15, -0.1) is 10.2 Å². The number of halogens is 1. The molecule has 28 heavy (non-hydrogen) atoms. The van der Waals surface area contributed by atoms with Gasteiger partial charge in [0.15, 0.2) is 5.82 Å². The largest absolute Gasteiger partial charge is 0.474 e. The minimum Gasteiger partial charge on any atom is -0.474 e. The quantitative estimate of drug-likeness (QED) is 0.476. The summed E-state index contributed by atoms with van der Waals surface area (Å²) >= 11 is 2.32. The molecule has 0 spiro atoms. The van der Waals surface area contributed by atoms with E-state index in [1.165, 1.54) is 3.57 Å². The van der Waals surface area contributed by atoms with Crippen LogP contribution in [0.4, 0.5) is 0 Å². The molecule has 6 nitrogen and oxygen atoms in total. The highest BCUT2D eigenvalue weighted by Gasteiger charge is 2.28. The lowest BCUT2D eigenvalue weighted by atomic mass is 9.86. The van der Waals surface area contributed by atoms with Gasteiger partial charge in [0.1, 0.15) is 18.5 Å². The molecular weight excluding hydrogens is 467 g/mol. The van der Waals surface area contributed by atoms with Crippen molar-refractivity contribution in [2.75, 3.05) is 7.11 Å². The molecule has 7 heteroatoms. The molecule has 0 atom stereocenters. The Hall–Kier alpha value is -2.00. The van der Waals surface area contributed by atoms with Crippen LogP contribution < -0.4 is 4.74 Å². The molecule has 146 valence electrons. The zero-order valence-corrected chi connectivity index (χ0v) is 17.9. The first-order chi connectivity index (χ1) is 13.7. The lowest BCUT2D eigenvalue weighted by Gasteiger charge is -2.28. The molecule has 1 aromatic carbocycles. The molecule has 4 rings (SSSR count). The molecule has 0 N–H and O–H groups in total. The van der Waals surface area contributed by atoms with E-state index in [0.29, 0.717) is 18.4 Å². The average Bonchev–Trinajstić information content (AvgIpc) is 3.14. The standard InChI is InChI=1S/C21H23IN4O2/c1-27-14-19-24-25-21(26(19)17-9-7-16(22)8-10-17)15-5-11-18(12-6-15)28-20-4-2-3-13-23-20/h2-4,7-10,13,15,18H,5-6,11-12,14H2,1H3/t15-,18-. The summed E-state index contributed by atoms with van der Waals surface area (Å²) in [5.41, 5.74) is 1.08. The number of nitrogens with zero attached hydrogens (tertiary/aromatic N) is 4. The number of benzene rings is 1. The summed E-state index contributed by atoms with van der Waals surface area (Å²) in [5.74, 6) is 2.92. The van der Waals surface area contributed by atoms with Gasteiger partial charge < -0.3 is 9.47 Å². The number of methoxy groups -OCH3 is 1. The SMILES string of the molecule is COCc1nnc([C@H]2CC[C@H](Oc3ccccn3)CC2)n1-c1ccc(I)cc1. The van der Waals surface area contributed by atoms with E-state index in [4.69, 9.17) is 9.47 Å². The minimum atomic E-state index is 0.208. The van der Waals surface area contributed by atoms with Crippen LogP contribution in [-0.2, 0) is 11.3 Å². The number of ether oxygens (including phenoxy) is 2. The Balaban J connectivity index is 1.51. The molecule has 0 radical (unpaired) electrons.